The van der Waals surface area contributed by atoms with Crippen LogP contribution >= 0.6 is 255 Å². The van der Waals surface area contributed by atoms with Gasteiger partial charge in [-0.1, -0.05) is 97.1 Å². The first-order valence-corrected chi connectivity index (χ1v) is 24.5. The Labute approximate surface area is 398 Å². The van der Waals surface area contributed by atoms with Crippen LogP contribution in [0.5, 0.6) is 0 Å². The first-order valence-electron chi connectivity index (χ1n) is 11.8. The van der Waals surface area contributed by atoms with E-state index in [1.807, 2.05) is 0 Å². The minimum Gasteiger partial charge on any atom is -0.0619 e. The molecule has 0 fully saturated rings. The lowest BCUT2D eigenvalue weighted by atomic mass is 9.70. The Bertz CT molecular complexity index is 1290. The van der Waals surface area contributed by atoms with Crippen LogP contribution in [0.4, 0.5) is 0 Å². The molecule has 0 aliphatic heterocycles. The van der Waals surface area contributed by atoms with Crippen LogP contribution in [0.1, 0.15) is 22.3 Å². The lowest BCUT2D eigenvalue weighted by Gasteiger charge is -2.30. The Balaban J connectivity index is 0.000000291. The molecule has 0 N–H and O–H groups in total. The van der Waals surface area contributed by atoms with Crippen molar-refractivity contribution in [2.75, 3.05) is 0 Å². The molecule has 4 aromatic rings. The van der Waals surface area contributed by atoms with Gasteiger partial charge in [0.2, 0.25) is 0 Å². The van der Waals surface area contributed by atoms with E-state index >= 15 is 0 Å². The van der Waals surface area contributed by atoms with Gasteiger partial charge in [0.15, 0.2) is 4.21 Å². The molecule has 0 atom stereocenters. The van der Waals surface area contributed by atoms with Gasteiger partial charge in [-0.05, 0) is 299 Å². The first kappa shape index (κ1) is 45.7. The Morgan fingerprint density at radius 2 is 0.400 bits per heavy atom. The monoisotopic (exact) mass is 1630 g/mol. The summed E-state index contributed by atoms with van der Waals surface area (Å²) < 4.78 is -1.00. The van der Waals surface area contributed by atoms with E-state index in [1.165, 1.54) is 44.5 Å². The molecule has 0 heterocycles. The number of benzene rings is 4. The van der Waals surface area contributed by atoms with Crippen molar-refractivity contribution in [3.05, 3.63) is 119 Å². The molecule has 0 radical (unpaired) electrons. The van der Waals surface area contributed by atoms with E-state index in [2.05, 4.69) is 352 Å². The SMILES string of the molecule is BrC(Br)(Br)Br.BrC(Br)(Br)Br.BrC(Br)(Br)Br.BrC(Br)(Br)Br.c1ccc2c(c1)-c1ccccc1C21c2ccccc2-c2ccccc21. The summed E-state index contributed by atoms with van der Waals surface area (Å²) in [5.41, 5.74) is 10.9. The van der Waals surface area contributed by atoms with Gasteiger partial charge in [0, 0.05) is 0 Å². The Morgan fingerprint density at radius 1 is 0.267 bits per heavy atom. The predicted octanol–water partition coefficient (Wildman–Crippen LogP) is 18.7. The summed E-state index contributed by atoms with van der Waals surface area (Å²) in [5, 5.41) is 0. The van der Waals surface area contributed by atoms with Gasteiger partial charge >= 0.3 is 0 Å². The summed E-state index contributed by atoms with van der Waals surface area (Å²) >= 11 is 50.0. The standard InChI is InChI=1S/C25H16.4CBr4/c1-5-13-21-17(9-1)18-10-2-6-14-22(18)25(21)23-15-7-3-11-19(23)20-12-4-8-16-24(20)25;4*2-1(3,4)5/h1-16H;;;;. The van der Waals surface area contributed by atoms with E-state index in [9.17, 15) is 0 Å². The van der Waals surface area contributed by atoms with Gasteiger partial charge in [-0.25, -0.2) is 0 Å². The van der Waals surface area contributed by atoms with Crippen LogP contribution < -0.4 is 0 Å². The van der Waals surface area contributed by atoms with Crippen LogP contribution in [-0.2, 0) is 5.41 Å². The van der Waals surface area contributed by atoms with Gasteiger partial charge in [0.05, 0.1) is 5.41 Å². The van der Waals surface area contributed by atoms with E-state index < -0.39 is 0 Å². The summed E-state index contributed by atoms with van der Waals surface area (Å²) in [4.78, 5) is 0. The summed E-state index contributed by atoms with van der Waals surface area (Å²) in [6.07, 6.45) is 0. The van der Waals surface area contributed by atoms with E-state index in [0.717, 1.165) is 0 Å². The van der Waals surface area contributed by atoms with Crippen LogP contribution in [0.15, 0.2) is 97.1 Å². The van der Waals surface area contributed by atoms with Gasteiger partial charge in [-0.15, -0.1) is 0 Å². The van der Waals surface area contributed by atoms with Gasteiger partial charge < -0.3 is 0 Å². The average Bonchev–Trinajstić information content (AvgIpc) is 3.33. The van der Waals surface area contributed by atoms with Gasteiger partial charge in [-0.3, -0.25) is 0 Å². The second-order valence-electron chi connectivity index (χ2n) is 8.65. The highest BCUT2D eigenvalue weighted by molar-refractivity contribution is 9.53. The predicted molar refractivity (Wildman–Crippen MR) is 256 cm³/mol. The second kappa shape index (κ2) is 19.8. The summed E-state index contributed by atoms with van der Waals surface area (Å²) in [6, 6.07) is 35.7. The quantitative estimate of drug-likeness (QED) is 0.133. The molecular weight excluding hydrogens is 1630 g/mol. The topological polar surface area (TPSA) is 0 Å². The van der Waals surface area contributed by atoms with Gasteiger partial charge in [-0.2, -0.15) is 0 Å². The van der Waals surface area contributed by atoms with Crippen LogP contribution in [0.2, 0.25) is 0 Å². The van der Waals surface area contributed by atoms with E-state index in [0.29, 0.717) is 0 Å². The minimum absolute atomic E-state index is 0.180. The summed E-state index contributed by atoms with van der Waals surface area (Å²) in [7, 11) is 0. The zero-order valence-electron chi connectivity index (χ0n) is 21.8. The molecule has 45 heavy (non-hydrogen) atoms. The van der Waals surface area contributed by atoms with Crippen molar-refractivity contribution in [3.8, 4) is 22.3 Å². The normalized spacial score (nSPS) is 13.5. The maximum atomic E-state index is 3.12. The molecule has 0 aromatic heterocycles. The highest BCUT2D eigenvalue weighted by Gasteiger charge is 2.51. The zero-order chi connectivity index (χ0) is 34.4. The van der Waals surface area contributed by atoms with Crippen molar-refractivity contribution >= 4 is 255 Å². The number of halogens is 16. The molecule has 244 valence electrons. The minimum atomic E-state index is -0.250. The van der Waals surface area contributed by atoms with Crippen molar-refractivity contribution < 1.29 is 0 Å². The van der Waals surface area contributed by atoms with Crippen LogP contribution in [-0.4, -0.2) is 4.21 Å². The Kier molecular flexibility index (Phi) is 20.1. The number of hydrogen-bond donors (Lipinski definition) is 0. The lowest BCUT2D eigenvalue weighted by molar-refractivity contribution is 0.794. The third-order valence-corrected chi connectivity index (χ3v) is 5.90. The van der Waals surface area contributed by atoms with E-state index in [-0.39, 0.29) is 9.62 Å². The highest BCUT2D eigenvalue weighted by Crippen LogP contribution is 2.62. The van der Waals surface area contributed by atoms with Gasteiger partial charge in [0.25, 0.3) is 0 Å². The third-order valence-electron chi connectivity index (χ3n) is 5.90. The zero-order valence-corrected chi connectivity index (χ0v) is 47.2. The fraction of sp³-hybridized carbons (Fsp3) is 0.172. The average molecular weight is 1640 g/mol. The molecule has 1 spiro atoms. The molecule has 6 rings (SSSR count). The van der Waals surface area contributed by atoms with E-state index in [4.69, 9.17) is 0 Å². The number of fused-ring (bicyclic) bond motifs is 10. The molecule has 4 aromatic carbocycles. The molecule has 16 heteroatoms. The molecule has 0 saturated carbocycles. The molecule has 0 saturated heterocycles. The molecule has 0 unspecified atom stereocenters. The lowest BCUT2D eigenvalue weighted by Crippen LogP contribution is -2.25. The van der Waals surface area contributed by atoms with Crippen molar-refractivity contribution in [1.29, 1.82) is 0 Å². The fourth-order valence-electron chi connectivity index (χ4n) is 5.05. The number of hydrogen-bond acceptors (Lipinski definition) is 0. The van der Waals surface area contributed by atoms with Crippen LogP contribution in [0, 0.1) is 0 Å². The molecule has 0 amide bonds. The smallest absolute Gasteiger partial charge is 0.0619 e. The number of alkyl halides is 16. The van der Waals surface area contributed by atoms with Crippen molar-refractivity contribution in [3.63, 3.8) is 0 Å². The van der Waals surface area contributed by atoms with Crippen molar-refractivity contribution in [1.82, 2.24) is 0 Å². The first-order chi connectivity index (χ1) is 20.4. The highest BCUT2D eigenvalue weighted by atomic mass is 80.0. The number of rotatable bonds is 0. The summed E-state index contributed by atoms with van der Waals surface area (Å²) in [6.45, 7) is 0. The maximum Gasteiger partial charge on any atom is 0.189 e. The van der Waals surface area contributed by atoms with Crippen LogP contribution in [0.3, 0.4) is 0 Å². The molecule has 0 bridgehead atoms. The Morgan fingerprint density at radius 3 is 0.556 bits per heavy atom. The molecular formula is C29H16Br16. The molecule has 2 aliphatic carbocycles. The second-order valence-corrected chi connectivity index (χ2v) is 53.2. The maximum absolute atomic E-state index is 3.12. The van der Waals surface area contributed by atoms with Crippen molar-refractivity contribution in [2.24, 2.45) is 0 Å². The van der Waals surface area contributed by atoms with Crippen LogP contribution in [0.25, 0.3) is 22.3 Å². The molecule has 0 nitrogen and oxygen atoms in total. The largest absolute Gasteiger partial charge is 0.189 e. The Hall–Kier alpha value is 4.56. The summed E-state index contributed by atoms with van der Waals surface area (Å²) in [5.74, 6) is 0. The molecule has 2 aliphatic rings. The third kappa shape index (κ3) is 16.2. The fourth-order valence-corrected chi connectivity index (χ4v) is 5.05. The van der Waals surface area contributed by atoms with Gasteiger partial charge in [0.1, 0.15) is 0 Å². The van der Waals surface area contributed by atoms with Crippen molar-refractivity contribution in [2.45, 2.75) is 9.62 Å². The van der Waals surface area contributed by atoms with E-state index in [1.54, 1.807) is 0 Å².